The Hall–Kier alpha value is -1.05. The Balaban J connectivity index is 2.30. The van der Waals surface area contributed by atoms with Crippen LogP contribution < -0.4 is 15.3 Å². The number of ether oxygens (including phenoxy) is 1. The number of halogens is 1. The minimum Gasteiger partial charge on any atom is -0.507 e. The zero-order valence-electron chi connectivity index (χ0n) is 9.30. The van der Waals surface area contributed by atoms with Crippen LogP contribution in [0.1, 0.15) is 0 Å². The smallest absolute Gasteiger partial charge is 0.124 e. The molecule has 17 heavy (non-hydrogen) atoms. The highest BCUT2D eigenvalue weighted by molar-refractivity contribution is 9.40. The molecule has 0 radical (unpaired) electrons. The third-order valence-corrected chi connectivity index (χ3v) is 6.32. The summed E-state index contributed by atoms with van der Waals surface area (Å²) in [6.07, 6.45) is 0. The van der Waals surface area contributed by atoms with Gasteiger partial charge in [0.1, 0.15) is 11.5 Å². The highest BCUT2D eigenvalue weighted by atomic mass is 79.9. The summed E-state index contributed by atoms with van der Waals surface area (Å²) in [5, 5.41) is 11.9. The molecule has 88 valence electrons. The van der Waals surface area contributed by atoms with Crippen molar-refractivity contribution in [1.82, 2.24) is 0 Å². The van der Waals surface area contributed by atoms with Gasteiger partial charge in [0.2, 0.25) is 0 Å². The summed E-state index contributed by atoms with van der Waals surface area (Å²) in [6, 6.07) is 15.2. The first-order valence-corrected chi connectivity index (χ1v) is 8.46. The molecule has 0 spiro atoms. The lowest BCUT2D eigenvalue weighted by Crippen LogP contribution is -2.07. The molecule has 4 heteroatoms. The van der Waals surface area contributed by atoms with Gasteiger partial charge in [-0.05, 0) is 57.2 Å². The maximum atomic E-state index is 9.80. The molecule has 2 rings (SSSR count). The minimum atomic E-state index is -0.702. The number of rotatable bonds is 3. The van der Waals surface area contributed by atoms with Gasteiger partial charge in [0, 0.05) is 11.9 Å². The van der Waals surface area contributed by atoms with E-state index >= 15 is 0 Å². The van der Waals surface area contributed by atoms with Crippen molar-refractivity contribution in [1.29, 1.82) is 0 Å². The van der Waals surface area contributed by atoms with E-state index in [1.54, 1.807) is 13.2 Å². The second-order valence-electron chi connectivity index (χ2n) is 3.47. The van der Waals surface area contributed by atoms with Gasteiger partial charge in [0.05, 0.1) is 7.11 Å². The quantitative estimate of drug-likeness (QED) is 0.883. The molecule has 0 heterocycles. The normalized spacial score (nSPS) is 12.1. The maximum absolute atomic E-state index is 9.80. The summed E-state index contributed by atoms with van der Waals surface area (Å²) in [5.41, 5.74) is 0. The first kappa shape index (κ1) is 12.4. The summed E-state index contributed by atoms with van der Waals surface area (Å²) < 4.78 is 5.12. The Morgan fingerprint density at radius 2 is 1.71 bits per heavy atom. The van der Waals surface area contributed by atoms with Gasteiger partial charge in [-0.1, -0.05) is 12.1 Å². The summed E-state index contributed by atoms with van der Waals surface area (Å²) in [5.74, 6) is 1.16. The molecule has 0 aromatic heterocycles. The third kappa shape index (κ3) is 2.80. The Labute approximate surface area is 110 Å². The fourth-order valence-electron chi connectivity index (χ4n) is 1.48. The van der Waals surface area contributed by atoms with Crippen LogP contribution in [0.3, 0.4) is 0 Å². The van der Waals surface area contributed by atoms with Crippen molar-refractivity contribution in [2.45, 2.75) is 0 Å². The summed E-state index contributed by atoms with van der Waals surface area (Å²) in [4.78, 5) is 0. The largest absolute Gasteiger partial charge is 0.507 e. The molecule has 0 amide bonds. The predicted octanol–water partition coefficient (Wildman–Crippen LogP) is 3.14. The van der Waals surface area contributed by atoms with E-state index in [-0.39, 0.29) is 0 Å². The van der Waals surface area contributed by atoms with Crippen molar-refractivity contribution in [3.63, 3.8) is 0 Å². The van der Waals surface area contributed by atoms with Gasteiger partial charge in [-0.3, -0.25) is 0 Å². The molecule has 0 fully saturated rings. The van der Waals surface area contributed by atoms with Crippen molar-refractivity contribution < 1.29 is 9.84 Å². The number of aromatic hydroxyl groups is 1. The fraction of sp³-hybridized carbons (Fsp3) is 0.0769. The molecule has 0 aliphatic rings. The van der Waals surface area contributed by atoms with Crippen molar-refractivity contribution in [2.75, 3.05) is 7.11 Å². The van der Waals surface area contributed by atoms with Crippen molar-refractivity contribution in [3.05, 3.63) is 48.5 Å². The number of methoxy groups -OCH3 is 1. The van der Waals surface area contributed by atoms with Crippen LogP contribution in [0.15, 0.2) is 48.5 Å². The van der Waals surface area contributed by atoms with Crippen LogP contribution in [0.25, 0.3) is 0 Å². The first-order valence-electron chi connectivity index (χ1n) is 5.10. The van der Waals surface area contributed by atoms with Gasteiger partial charge < -0.3 is 9.84 Å². The van der Waals surface area contributed by atoms with Crippen molar-refractivity contribution in [3.8, 4) is 11.5 Å². The predicted molar refractivity (Wildman–Crippen MR) is 76.2 cm³/mol. The van der Waals surface area contributed by atoms with E-state index in [4.69, 9.17) is 4.74 Å². The summed E-state index contributed by atoms with van der Waals surface area (Å²) in [7, 11) is 1.65. The van der Waals surface area contributed by atoms with E-state index in [0.29, 0.717) is 5.75 Å². The first-order chi connectivity index (χ1) is 8.22. The Bertz CT molecular complexity index is 499. The lowest BCUT2D eigenvalue weighted by atomic mass is 10.3. The molecule has 1 N–H and O–H groups in total. The molecule has 2 aromatic rings. The second kappa shape index (κ2) is 5.52. The van der Waals surface area contributed by atoms with Gasteiger partial charge in [0.25, 0.3) is 0 Å². The lowest BCUT2D eigenvalue weighted by molar-refractivity contribution is 0.415. The van der Waals surface area contributed by atoms with E-state index in [1.165, 1.54) is 0 Å². The number of hydrogen-bond donors (Lipinski definition) is 1. The van der Waals surface area contributed by atoms with Crippen LogP contribution in [0, 0.1) is 0 Å². The van der Waals surface area contributed by atoms with Gasteiger partial charge in [-0.2, -0.15) is 0 Å². The van der Waals surface area contributed by atoms with Crippen molar-refractivity contribution in [2.24, 2.45) is 0 Å². The van der Waals surface area contributed by atoms with E-state index in [9.17, 15) is 5.11 Å². The molecule has 0 aliphatic heterocycles. The third-order valence-electron chi connectivity index (χ3n) is 2.39. The van der Waals surface area contributed by atoms with Crippen LogP contribution >= 0.6 is 22.1 Å². The number of para-hydroxylation sites is 1. The average Bonchev–Trinajstić information content (AvgIpc) is 2.39. The topological polar surface area (TPSA) is 29.5 Å². The number of benzene rings is 2. The maximum Gasteiger partial charge on any atom is 0.124 e. The standard InChI is InChI=1S/C13H12BrO2P/c1-16-10-6-8-11(9-7-10)17(14)13-5-3-2-4-12(13)15/h2-9,15H,1H3. The monoisotopic (exact) mass is 310 g/mol. The molecule has 2 aromatic carbocycles. The summed E-state index contributed by atoms with van der Waals surface area (Å²) in [6.45, 7) is -0.702. The molecule has 0 aliphatic carbocycles. The Kier molecular flexibility index (Phi) is 4.03. The SMILES string of the molecule is COc1ccc(P(Br)c2ccccc2O)cc1. The Morgan fingerprint density at radius 3 is 2.29 bits per heavy atom. The highest BCUT2D eigenvalue weighted by Gasteiger charge is 2.13. The molecule has 0 saturated heterocycles. The minimum absolute atomic E-state index is 0.325. The highest BCUT2D eigenvalue weighted by Crippen LogP contribution is 2.44. The average molecular weight is 311 g/mol. The molecule has 1 unspecified atom stereocenters. The van der Waals surface area contributed by atoms with Crippen LogP contribution in [-0.2, 0) is 0 Å². The molecular formula is C13H12BrO2P. The zero-order valence-corrected chi connectivity index (χ0v) is 11.8. The Morgan fingerprint density at radius 1 is 1.06 bits per heavy atom. The van der Waals surface area contributed by atoms with Gasteiger partial charge in [-0.15, -0.1) is 0 Å². The van der Waals surface area contributed by atoms with Gasteiger partial charge >= 0.3 is 0 Å². The molecule has 0 saturated carbocycles. The van der Waals surface area contributed by atoms with Crippen molar-refractivity contribution >= 4 is 32.7 Å². The molecule has 1 atom stereocenters. The van der Waals surface area contributed by atoms with Crippen LogP contribution in [0.2, 0.25) is 0 Å². The van der Waals surface area contributed by atoms with Crippen LogP contribution in [-0.4, -0.2) is 12.2 Å². The van der Waals surface area contributed by atoms with Gasteiger partial charge in [-0.25, -0.2) is 0 Å². The summed E-state index contributed by atoms with van der Waals surface area (Å²) >= 11 is 3.66. The van der Waals surface area contributed by atoms with E-state index in [2.05, 4.69) is 15.5 Å². The van der Waals surface area contributed by atoms with Crippen LogP contribution in [0.4, 0.5) is 0 Å². The van der Waals surface area contributed by atoms with Gasteiger partial charge in [0.15, 0.2) is 0 Å². The number of hydrogen-bond acceptors (Lipinski definition) is 2. The molecule has 2 nitrogen and oxygen atoms in total. The number of phenolic OH excluding ortho intramolecular Hbond substituents is 1. The van der Waals surface area contributed by atoms with E-state index in [1.807, 2.05) is 42.5 Å². The second-order valence-corrected chi connectivity index (χ2v) is 7.16. The van der Waals surface area contributed by atoms with E-state index in [0.717, 1.165) is 16.4 Å². The zero-order chi connectivity index (χ0) is 12.3. The van der Waals surface area contributed by atoms with E-state index < -0.39 is 6.62 Å². The lowest BCUT2D eigenvalue weighted by Gasteiger charge is -2.12. The molecular weight excluding hydrogens is 299 g/mol. The van der Waals surface area contributed by atoms with Crippen LogP contribution in [0.5, 0.6) is 11.5 Å². The molecule has 0 bridgehead atoms. The number of phenols is 1. The fourth-order valence-corrected chi connectivity index (χ4v) is 4.27.